The van der Waals surface area contributed by atoms with Crippen LogP contribution in [0.3, 0.4) is 0 Å². The van der Waals surface area contributed by atoms with Gasteiger partial charge < -0.3 is 5.73 Å². The van der Waals surface area contributed by atoms with Crippen molar-refractivity contribution in [3.63, 3.8) is 0 Å². The molecule has 2 rings (SSSR count). The molecule has 0 aliphatic carbocycles. The van der Waals surface area contributed by atoms with Crippen molar-refractivity contribution in [3.05, 3.63) is 12.4 Å². The second-order valence-electron chi connectivity index (χ2n) is 3.71. The average molecular weight is 252 g/mol. The zero-order valence-corrected chi connectivity index (χ0v) is 10.1. The molecule has 1 fully saturated rings. The van der Waals surface area contributed by atoms with Gasteiger partial charge >= 0.3 is 0 Å². The van der Waals surface area contributed by atoms with Crippen LogP contribution in [0.15, 0.2) is 12.4 Å². The van der Waals surface area contributed by atoms with E-state index in [1.54, 1.807) is 0 Å². The Bertz CT molecular complexity index is 465. The molecule has 1 atom stereocenters. The second-order valence-corrected chi connectivity index (χ2v) is 5.18. The van der Waals surface area contributed by atoms with Gasteiger partial charge in [-0.3, -0.25) is 14.5 Å². The van der Waals surface area contributed by atoms with Crippen molar-refractivity contribution in [2.75, 3.05) is 17.2 Å². The summed E-state index contributed by atoms with van der Waals surface area (Å²) in [5, 5.41) is -0.0156. The standard InChI is InChI=1S/C10H12N4O2S/c1-6(15)17-7-4-8(16)14(5-7)10-9(11)12-2-3-13-10/h2-3,7H,4-5H2,1H3,(H2,11,12). The number of nitrogen functional groups attached to an aromatic ring is 1. The van der Waals surface area contributed by atoms with Crippen molar-refractivity contribution < 1.29 is 9.59 Å². The Kier molecular flexibility index (Phi) is 3.28. The van der Waals surface area contributed by atoms with Gasteiger partial charge in [-0.25, -0.2) is 9.97 Å². The fourth-order valence-corrected chi connectivity index (χ4v) is 2.66. The van der Waals surface area contributed by atoms with E-state index in [1.165, 1.54) is 36.0 Å². The summed E-state index contributed by atoms with van der Waals surface area (Å²) in [5.74, 6) is 0.537. The summed E-state index contributed by atoms with van der Waals surface area (Å²) in [6.07, 6.45) is 3.30. The van der Waals surface area contributed by atoms with Gasteiger partial charge in [0, 0.05) is 37.5 Å². The maximum absolute atomic E-state index is 11.8. The molecule has 0 saturated carbocycles. The van der Waals surface area contributed by atoms with Crippen LogP contribution < -0.4 is 10.6 Å². The Morgan fingerprint density at radius 1 is 1.53 bits per heavy atom. The molecular formula is C10H12N4O2S. The van der Waals surface area contributed by atoms with Crippen molar-refractivity contribution in [3.8, 4) is 0 Å². The molecule has 1 amide bonds. The van der Waals surface area contributed by atoms with Gasteiger partial charge in [-0.05, 0) is 0 Å². The van der Waals surface area contributed by atoms with Crippen molar-refractivity contribution >= 4 is 34.4 Å². The molecule has 17 heavy (non-hydrogen) atoms. The Hall–Kier alpha value is -1.63. The lowest BCUT2D eigenvalue weighted by Crippen LogP contribution is -2.27. The minimum absolute atomic E-state index is 0.0109. The van der Waals surface area contributed by atoms with Crippen molar-refractivity contribution in [2.24, 2.45) is 0 Å². The minimum atomic E-state index is -0.0732. The van der Waals surface area contributed by atoms with Gasteiger partial charge in [0.15, 0.2) is 16.8 Å². The molecule has 0 bridgehead atoms. The molecule has 1 aromatic heterocycles. The molecule has 2 N–H and O–H groups in total. The number of anilines is 2. The first-order chi connectivity index (χ1) is 8.08. The Labute approximate surface area is 103 Å². The lowest BCUT2D eigenvalue weighted by molar-refractivity contribution is -0.117. The van der Waals surface area contributed by atoms with Gasteiger partial charge in [0.1, 0.15) is 0 Å². The van der Waals surface area contributed by atoms with E-state index in [0.29, 0.717) is 18.8 Å². The van der Waals surface area contributed by atoms with Crippen LogP contribution in [0, 0.1) is 0 Å². The fourth-order valence-electron chi connectivity index (χ4n) is 1.74. The normalized spacial score (nSPS) is 19.7. The number of nitrogens with zero attached hydrogens (tertiary/aromatic N) is 3. The van der Waals surface area contributed by atoms with Gasteiger partial charge in [-0.1, -0.05) is 11.8 Å². The van der Waals surface area contributed by atoms with Crippen LogP contribution in [0.4, 0.5) is 11.6 Å². The first-order valence-electron chi connectivity index (χ1n) is 5.12. The number of hydrogen-bond donors (Lipinski definition) is 1. The summed E-state index contributed by atoms with van der Waals surface area (Å²) >= 11 is 1.18. The molecule has 0 spiro atoms. The maximum Gasteiger partial charge on any atom is 0.229 e. The van der Waals surface area contributed by atoms with E-state index in [2.05, 4.69) is 9.97 Å². The molecular weight excluding hydrogens is 240 g/mol. The third-order valence-electron chi connectivity index (χ3n) is 2.38. The van der Waals surface area contributed by atoms with Crippen LogP contribution in [0.1, 0.15) is 13.3 Å². The van der Waals surface area contributed by atoms with Crippen LogP contribution in [0.25, 0.3) is 0 Å². The summed E-state index contributed by atoms with van der Waals surface area (Å²) in [6, 6.07) is 0. The van der Waals surface area contributed by atoms with Gasteiger partial charge in [0.2, 0.25) is 5.91 Å². The smallest absolute Gasteiger partial charge is 0.229 e. The molecule has 90 valence electrons. The topological polar surface area (TPSA) is 89.2 Å². The monoisotopic (exact) mass is 252 g/mol. The first kappa shape index (κ1) is 11.8. The predicted octanol–water partition coefficient (Wildman–Crippen LogP) is 0.444. The van der Waals surface area contributed by atoms with Crippen molar-refractivity contribution in [1.29, 1.82) is 0 Å². The molecule has 2 heterocycles. The Morgan fingerprint density at radius 2 is 2.24 bits per heavy atom. The van der Waals surface area contributed by atoms with Gasteiger partial charge in [0.05, 0.1) is 0 Å². The molecule has 1 aliphatic heterocycles. The summed E-state index contributed by atoms with van der Waals surface area (Å²) in [4.78, 5) is 32.2. The quantitative estimate of drug-likeness (QED) is 0.821. The fraction of sp³-hybridized carbons (Fsp3) is 0.400. The van der Waals surface area contributed by atoms with Gasteiger partial charge in [-0.15, -0.1) is 0 Å². The van der Waals surface area contributed by atoms with Crippen LogP contribution in [0.5, 0.6) is 0 Å². The van der Waals surface area contributed by atoms with E-state index < -0.39 is 0 Å². The molecule has 7 heteroatoms. The number of rotatable bonds is 2. The predicted molar refractivity (Wildman–Crippen MR) is 65.5 cm³/mol. The second kappa shape index (κ2) is 4.70. The number of aromatic nitrogens is 2. The van der Waals surface area contributed by atoms with E-state index in [0.717, 1.165) is 0 Å². The average Bonchev–Trinajstić information content (AvgIpc) is 2.59. The Morgan fingerprint density at radius 3 is 2.88 bits per heavy atom. The number of carbonyl (C=O) groups excluding carboxylic acids is 2. The highest BCUT2D eigenvalue weighted by Crippen LogP contribution is 2.29. The zero-order valence-electron chi connectivity index (χ0n) is 9.29. The summed E-state index contributed by atoms with van der Waals surface area (Å²) < 4.78 is 0. The molecule has 1 unspecified atom stereocenters. The van der Waals surface area contributed by atoms with Crippen LogP contribution in [-0.2, 0) is 9.59 Å². The number of carbonyl (C=O) groups is 2. The minimum Gasteiger partial charge on any atom is -0.381 e. The lowest BCUT2D eigenvalue weighted by Gasteiger charge is -2.15. The molecule has 1 aliphatic rings. The molecule has 0 aromatic carbocycles. The molecule has 1 aromatic rings. The van der Waals surface area contributed by atoms with Crippen molar-refractivity contribution in [1.82, 2.24) is 9.97 Å². The van der Waals surface area contributed by atoms with Crippen LogP contribution >= 0.6 is 11.8 Å². The summed E-state index contributed by atoms with van der Waals surface area (Å²) in [7, 11) is 0. The number of amides is 1. The maximum atomic E-state index is 11.8. The largest absolute Gasteiger partial charge is 0.381 e. The first-order valence-corrected chi connectivity index (χ1v) is 6.00. The lowest BCUT2D eigenvalue weighted by atomic mass is 10.4. The molecule has 6 nitrogen and oxygen atoms in total. The highest BCUT2D eigenvalue weighted by Gasteiger charge is 2.33. The molecule has 1 saturated heterocycles. The highest BCUT2D eigenvalue weighted by molar-refractivity contribution is 8.14. The third kappa shape index (κ3) is 2.55. The summed E-state index contributed by atoms with van der Waals surface area (Å²) in [5.41, 5.74) is 5.67. The SMILES string of the molecule is CC(=O)SC1CC(=O)N(c2nccnc2N)C1. The van der Waals surface area contributed by atoms with Gasteiger partial charge in [-0.2, -0.15) is 0 Å². The Balaban J connectivity index is 2.16. The van der Waals surface area contributed by atoms with E-state index >= 15 is 0 Å². The highest BCUT2D eigenvalue weighted by atomic mass is 32.2. The summed E-state index contributed by atoms with van der Waals surface area (Å²) in [6.45, 7) is 1.94. The van der Waals surface area contributed by atoms with E-state index in [-0.39, 0.29) is 22.1 Å². The van der Waals surface area contributed by atoms with E-state index in [4.69, 9.17) is 5.73 Å². The van der Waals surface area contributed by atoms with Crippen LogP contribution in [0.2, 0.25) is 0 Å². The van der Waals surface area contributed by atoms with E-state index in [9.17, 15) is 9.59 Å². The number of hydrogen-bond acceptors (Lipinski definition) is 6. The van der Waals surface area contributed by atoms with E-state index in [1.807, 2.05) is 0 Å². The van der Waals surface area contributed by atoms with Crippen LogP contribution in [-0.4, -0.2) is 32.8 Å². The molecule has 0 radical (unpaired) electrons. The zero-order chi connectivity index (χ0) is 12.4. The van der Waals surface area contributed by atoms with Crippen molar-refractivity contribution in [2.45, 2.75) is 18.6 Å². The van der Waals surface area contributed by atoms with Gasteiger partial charge in [0.25, 0.3) is 0 Å². The third-order valence-corrected chi connectivity index (χ3v) is 3.37. The number of nitrogens with two attached hydrogens (primary N) is 1. The number of thioether (sulfide) groups is 1.